The second-order valence-corrected chi connectivity index (χ2v) is 6.63. The fourth-order valence-electron chi connectivity index (χ4n) is 3.57. The summed E-state index contributed by atoms with van der Waals surface area (Å²) in [5.74, 6) is 0.968. The fraction of sp³-hybridized carbons (Fsp3) is 0.938. The second kappa shape index (κ2) is 6.90. The normalized spacial score (nSPS) is 33.6. The third kappa shape index (κ3) is 3.73. The highest BCUT2D eigenvalue weighted by atomic mass is 16.5. The summed E-state index contributed by atoms with van der Waals surface area (Å²) in [7, 11) is 0. The Hall–Kier alpha value is -0.610. The summed E-state index contributed by atoms with van der Waals surface area (Å²) in [5.41, 5.74) is -0.0195. The molecule has 2 rings (SSSR count). The minimum absolute atomic E-state index is 0.0195. The lowest BCUT2D eigenvalue weighted by molar-refractivity contribution is -0.130. The molecule has 2 saturated heterocycles. The Labute approximate surface area is 123 Å². The molecule has 2 N–H and O–H groups in total. The van der Waals surface area contributed by atoms with Gasteiger partial charge in [0.25, 0.3) is 0 Å². The van der Waals surface area contributed by atoms with Crippen molar-refractivity contribution in [2.75, 3.05) is 19.7 Å². The number of hydrogen-bond acceptors (Lipinski definition) is 3. The highest BCUT2D eigenvalue weighted by Crippen LogP contribution is 2.31. The number of amides is 1. The molecule has 0 aliphatic carbocycles. The van der Waals surface area contributed by atoms with Gasteiger partial charge in [0.2, 0.25) is 5.91 Å². The van der Waals surface area contributed by atoms with Crippen LogP contribution >= 0.6 is 0 Å². The third-order valence-electron chi connectivity index (χ3n) is 5.07. The third-order valence-corrected chi connectivity index (χ3v) is 5.07. The maximum atomic E-state index is 12.4. The van der Waals surface area contributed by atoms with Gasteiger partial charge in [-0.1, -0.05) is 20.8 Å². The van der Waals surface area contributed by atoms with Crippen LogP contribution < -0.4 is 10.6 Å². The summed E-state index contributed by atoms with van der Waals surface area (Å²) in [6.45, 7) is 9.20. The van der Waals surface area contributed by atoms with Gasteiger partial charge in [0.15, 0.2) is 0 Å². The van der Waals surface area contributed by atoms with Crippen molar-refractivity contribution >= 4 is 5.91 Å². The lowest BCUT2D eigenvalue weighted by Crippen LogP contribution is -2.51. The minimum Gasteiger partial charge on any atom is -0.375 e. The number of hydrogen-bond donors (Lipinski definition) is 2. The highest BCUT2D eigenvalue weighted by molar-refractivity contribution is 5.79. The molecule has 4 heteroatoms. The van der Waals surface area contributed by atoms with Gasteiger partial charge in [0.1, 0.15) is 0 Å². The van der Waals surface area contributed by atoms with E-state index in [9.17, 15) is 4.79 Å². The molecule has 2 heterocycles. The highest BCUT2D eigenvalue weighted by Gasteiger charge is 2.36. The molecule has 3 unspecified atom stereocenters. The van der Waals surface area contributed by atoms with Gasteiger partial charge in [0.05, 0.1) is 11.5 Å². The first-order chi connectivity index (χ1) is 9.58. The van der Waals surface area contributed by atoms with Gasteiger partial charge >= 0.3 is 0 Å². The average molecular weight is 282 g/mol. The standard InChI is InChI=1S/C16H30N2O2/c1-4-16(5-2)9-14(6-7-20-16)18-15(19)13-8-12(3)10-17-11-13/h12-14,17H,4-11H2,1-3H3,(H,18,19). The van der Waals surface area contributed by atoms with Gasteiger partial charge in [-0.2, -0.15) is 0 Å². The Kier molecular flexibility index (Phi) is 5.44. The second-order valence-electron chi connectivity index (χ2n) is 6.63. The minimum atomic E-state index is -0.0195. The van der Waals surface area contributed by atoms with Crippen LogP contribution in [0, 0.1) is 11.8 Å². The van der Waals surface area contributed by atoms with Crippen molar-refractivity contribution in [2.24, 2.45) is 11.8 Å². The van der Waals surface area contributed by atoms with Gasteiger partial charge < -0.3 is 15.4 Å². The topological polar surface area (TPSA) is 50.4 Å². The van der Waals surface area contributed by atoms with E-state index in [0.717, 1.165) is 51.8 Å². The summed E-state index contributed by atoms with van der Waals surface area (Å²) in [6, 6.07) is 0.286. The molecule has 0 spiro atoms. The van der Waals surface area contributed by atoms with Crippen LogP contribution in [0.5, 0.6) is 0 Å². The Morgan fingerprint density at radius 1 is 1.35 bits per heavy atom. The van der Waals surface area contributed by atoms with Gasteiger partial charge in [0, 0.05) is 19.2 Å². The summed E-state index contributed by atoms with van der Waals surface area (Å²) >= 11 is 0. The molecule has 0 aromatic rings. The van der Waals surface area contributed by atoms with Gasteiger partial charge in [-0.3, -0.25) is 4.79 Å². The van der Waals surface area contributed by atoms with Crippen molar-refractivity contribution in [2.45, 2.75) is 64.5 Å². The first-order valence-electron chi connectivity index (χ1n) is 8.23. The average Bonchev–Trinajstić information content (AvgIpc) is 2.47. The fourth-order valence-corrected chi connectivity index (χ4v) is 3.57. The number of ether oxygens (including phenoxy) is 1. The van der Waals surface area contributed by atoms with Crippen molar-refractivity contribution in [3.05, 3.63) is 0 Å². The SMILES string of the molecule is CCC1(CC)CC(NC(=O)C2CNCC(C)C2)CCO1. The van der Waals surface area contributed by atoms with Crippen molar-refractivity contribution in [1.29, 1.82) is 0 Å². The van der Waals surface area contributed by atoms with Gasteiger partial charge in [-0.15, -0.1) is 0 Å². The maximum Gasteiger partial charge on any atom is 0.224 e. The van der Waals surface area contributed by atoms with E-state index in [4.69, 9.17) is 4.74 Å². The van der Waals surface area contributed by atoms with Crippen LogP contribution in [0.15, 0.2) is 0 Å². The summed E-state index contributed by atoms with van der Waals surface area (Å²) < 4.78 is 5.97. The summed E-state index contributed by atoms with van der Waals surface area (Å²) in [5, 5.41) is 6.63. The molecule has 1 amide bonds. The van der Waals surface area contributed by atoms with Gasteiger partial charge in [-0.25, -0.2) is 0 Å². The Bertz CT molecular complexity index is 328. The smallest absolute Gasteiger partial charge is 0.224 e. The molecule has 0 bridgehead atoms. The molecular weight excluding hydrogens is 252 g/mol. The first-order valence-corrected chi connectivity index (χ1v) is 8.23. The maximum absolute atomic E-state index is 12.4. The van der Waals surface area contributed by atoms with Crippen LogP contribution in [0.4, 0.5) is 0 Å². The molecule has 2 fully saturated rings. The first kappa shape index (κ1) is 15.8. The monoisotopic (exact) mass is 282 g/mol. The van der Waals surface area contributed by atoms with Crippen LogP contribution in [0.1, 0.15) is 52.9 Å². The Balaban J connectivity index is 1.87. The molecule has 2 aliphatic heterocycles. The van der Waals surface area contributed by atoms with Crippen molar-refractivity contribution < 1.29 is 9.53 Å². The summed E-state index contributed by atoms with van der Waals surface area (Å²) in [6.07, 6.45) is 4.97. The molecule has 0 saturated carbocycles. The van der Waals surface area contributed by atoms with Crippen LogP contribution in [-0.4, -0.2) is 37.2 Å². The van der Waals surface area contributed by atoms with E-state index in [1.54, 1.807) is 0 Å². The van der Waals surface area contributed by atoms with Crippen molar-refractivity contribution in [1.82, 2.24) is 10.6 Å². The molecule has 4 nitrogen and oxygen atoms in total. The molecule has 0 aromatic heterocycles. The van der Waals surface area contributed by atoms with E-state index in [-0.39, 0.29) is 23.5 Å². The van der Waals surface area contributed by atoms with E-state index < -0.39 is 0 Å². The zero-order chi connectivity index (χ0) is 14.6. The molecule has 0 radical (unpaired) electrons. The molecule has 20 heavy (non-hydrogen) atoms. The Morgan fingerprint density at radius 2 is 2.10 bits per heavy atom. The summed E-state index contributed by atoms with van der Waals surface area (Å²) in [4.78, 5) is 12.4. The van der Waals surface area contributed by atoms with Crippen LogP contribution in [0.2, 0.25) is 0 Å². The number of piperidine rings is 1. The van der Waals surface area contributed by atoms with Crippen LogP contribution in [-0.2, 0) is 9.53 Å². The van der Waals surface area contributed by atoms with E-state index in [1.807, 2.05) is 0 Å². The predicted octanol–water partition coefficient (Wildman–Crippen LogP) is 2.09. The lowest BCUT2D eigenvalue weighted by atomic mass is 9.85. The molecule has 116 valence electrons. The largest absolute Gasteiger partial charge is 0.375 e. The lowest BCUT2D eigenvalue weighted by Gasteiger charge is -2.40. The molecule has 2 aliphatic rings. The predicted molar refractivity (Wildman–Crippen MR) is 80.6 cm³/mol. The van der Waals surface area contributed by atoms with E-state index in [1.165, 1.54) is 0 Å². The number of carbonyl (C=O) groups excluding carboxylic acids is 1. The van der Waals surface area contributed by atoms with E-state index in [0.29, 0.717) is 5.92 Å². The quantitative estimate of drug-likeness (QED) is 0.830. The van der Waals surface area contributed by atoms with E-state index in [2.05, 4.69) is 31.4 Å². The number of carbonyl (C=O) groups is 1. The van der Waals surface area contributed by atoms with Crippen molar-refractivity contribution in [3.8, 4) is 0 Å². The van der Waals surface area contributed by atoms with Crippen molar-refractivity contribution in [3.63, 3.8) is 0 Å². The van der Waals surface area contributed by atoms with E-state index >= 15 is 0 Å². The number of nitrogens with one attached hydrogen (secondary N) is 2. The molecule has 3 atom stereocenters. The molecule has 0 aromatic carbocycles. The van der Waals surface area contributed by atoms with Crippen LogP contribution in [0.3, 0.4) is 0 Å². The number of rotatable bonds is 4. The zero-order valence-corrected chi connectivity index (χ0v) is 13.2. The molecular formula is C16H30N2O2. The van der Waals surface area contributed by atoms with Crippen LogP contribution in [0.25, 0.3) is 0 Å². The Morgan fingerprint density at radius 3 is 2.75 bits per heavy atom. The zero-order valence-electron chi connectivity index (χ0n) is 13.2. The van der Waals surface area contributed by atoms with Gasteiger partial charge in [-0.05, 0) is 44.6 Å².